The number of fused-ring (bicyclic) bond motifs is 5. The van der Waals surface area contributed by atoms with Crippen LogP contribution in [-0.4, -0.2) is 19.4 Å². The molecule has 0 spiro atoms. The number of rotatable bonds is 1. The van der Waals surface area contributed by atoms with Crippen LogP contribution in [0.15, 0.2) is 54.7 Å². The molecule has 5 nitrogen and oxygen atoms in total. The van der Waals surface area contributed by atoms with Crippen LogP contribution in [0.2, 0.25) is 0 Å². The van der Waals surface area contributed by atoms with E-state index in [1.165, 1.54) is 60.1 Å². The Bertz CT molecular complexity index is 2120. The van der Waals surface area contributed by atoms with Crippen molar-refractivity contribution in [3.05, 3.63) is 77.5 Å². The summed E-state index contributed by atoms with van der Waals surface area (Å²) < 4.78 is 4.75. The van der Waals surface area contributed by atoms with Gasteiger partial charge in [-0.25, -0.2) is 15.0 Å². The lowest BCUT2D eigenvalue weighted by molar-refractivity contribution is -0.644. The molecule has 0 radical (unpaired) electrons. The lowest BCUT2D eigenvalue weighted by Crippen LogP contribution is -2.29. The van der Waals surface area contributed by atoms with E-state index < -0.39 is 0 Å². The fourth-order valence-corrected chi connectivity index (χ4v) is 6.16. The molecule has 7 rings (SSSR count). The van der Waals surface area contributed by atoms with Gasteiger partial charge in [-0.05, 0) is 54.6 Å². The quantitative estimate of drug-likeness (QED) is 0.124. The van der Waals surface area contributed by atoms with E-state index in [1.807, 2.05) is 0 Å². The highest BCUT2D eigenvalue weighted by Gasteiger charge is 2.27. The summed E-state index contributed by atoms with van der Waals surface area (Å²) in [6.07, 6.45) is 2.20. The Balaban J connectivity index is 1.63. The molecule has 0 fully saturated rings. The average molecular weight is 527 g/mol. The van der Waals surface area contributed by atoms with E-state index >= 15 is 0 Å². The van der Waals surface area contributed by atoms with Gasteiger partial charge in [0, 0.05) is 38.6 Å². The Labute approximate surface area is 234 Å². The molecule has 0 aliphatic carbocycles. The summed E-state index contributed by atoms with van der Waals surface area (Å²) >= 11 is 0. The molecule has 0 saturated heterocycles. The summed E-state index contributed by atoms with van der Waals surface area (Å²) in [5.41, 5.74) is 8.29. The highest BCUT2D eigenvalue weighted by atomic mass is 15.1. The summed E-state index contributed by atoms with van der Waals surface area (Å²) in [6.45, 7) is 17.5. The van der Waals surface area contributed by atoms with Crippen molar-refractivity contribution in [3.63, 3.8) is 0 Å². The maximum atomic E-state index is 5.00. The second-order valence-electron chi connectivity index (χ2n) is 13.5. The van der Waals surface area contributed by atoms with E-state index in [2.05, 4.69) is 126 Å². The zero-order valence-electron chi connectivity index (χ0n) is 24.9. The van der Waals surface area contributed by atoms with Gasteiger partial charge in [-0.1, -0.05) is 59.7 Å². The number of aryl methyl sites for hydroxylation is 3. The maximum absolute atomic E-state index is 5.00. The van der Waals surface area contributed by atoms with Crippen LogP contribution in [0.25, 0.3) is 60.4 Å². The van der Waals surface area contributed by atoms with Gasteiger partial charge in [-0.2, -0.15) is 4.57 Å². The number of benzene rings is 3. The van der Waals surface area contributed by atoms with Gasteiger partial charge in [0.15, 0.2) is 12.0 Å². The molecule has 0 N–H and O–H groups in total. The van der Waals surface area contributed by atoms with Crippen molar-refractivity contribution in [1.29, 1.82) is 0 Å². The van der Waals surface area contributed by atoms with Crippen LogP contribution in [0, 0.1) is 13.8 Å². The van der Waals surface area contributed by atoms with E-state index in [-0.39, 0.29) is 10.8 Å². The first-order valence-electron chi connectivity index (χ1n) is 14.1. The van der Waals surface area contributed by atoms with E-state index in [0.29, 0.717) is 0 Å². The van der Waals surface area contributed by atoms with E-state index in [0.717, 1.165) is 23.0 Å². The fraction of sp³-hybridized carbons (Fsp3) is 0.314. The third-order valence-corrected chi connectivity index (χ3v) is 8.42. The van der Waals surface area contributed by atoms with Crippen LogP contribution >= 0.6 is 0 Å². The highest BCUT2D eigenvalue weighted by molar-refractivity contribution is 6.26. The minimum atomic E-state index is -0.180. The van der Waals surface area contributed by atoms with Crippen molar-refractivity contribution in [2.75, 3.05) is 0 Å². The summed E-state index contributed by atoms with van der Waals surface area (Å²) in [5.74, 6) is 2.39. The van der Waals surface area contributed by atoms with Crippen molar-refractivity contribution >= 4 is 49.0 Å². The van der Waals surface area contributed by atoms with Crippen molar-refractivity contribution in [1.82, 2.24) is 19.4 Å². The number of nitrogens with zero attached hydrogens (tertiary/aromatic N) is 5. The predicted octanol–water partition coefficient (Wildman–Crippen LogP) is 7.88. The molecule has 0 aliphatic heterocycles. The molecule has 0 atom stereocenters. The van der Waals surface area contributed by atoms with Gasteiger partial charge in [-0.15, -0.1) is 0 Å². The molecule has 0 bridgehead atoms. The van der Waals surface area contributed by atoms with Crippen LogP contribution in [0.4, 0.5) is 0 Å². The molecular weight excluding hydrogens is 490 g/mol. The third-order valence-electron chi connectivity index (χ3n) is 8.42. The first-order chi connectivity index (χ1) is 18.8. The SMILES string of the molecule is Cc1cc2cccc3c2c(c1C)c1c2c(cc[n+]1C)c1cc(-c4nc(C(C)(C)C)nc(C(C)(C)C)n4)ccc1n32. The zero-order valence-corrected chi connectivity index (χ0v) is 24.9. The molecule has 40 heavy (non-hydrogen) atoms. The smallest absolute Gasteiger partial charge is 0.238 e. The summed E-state index contributed by atoms with van der Waals surface area (Å²) in [7, 11) is 2.16. The van der Waals surface area contributed by atoms with Crippen molar-refractivity contribution in [2.24, 2.45) is 7.05 Å². The normalized spacial score (nSPS) is 13.1. The number of hydrogen-bond donors (Lipinski definition) is 0. The molecule has 4 aromatic heterocycles. The molecule has 0 amide bonds. The Morgan fingerprint density at radius 1 is 0.725 bits per heavy atom. The molecule has 7 aromatic rings. The summed E-state index contributed by atoms with van der Waals surface area (Å²) in [4.78, 5) is 14.9. The first kappa shape index (κ1) is 24.9. The van der Waals surface area contributed by atoms with Gasteiger partial charge in [0.05, 0.1) is 16.4 Å². The first-order valence-corrected chi connectivity index (χ1v) is 14.1. The van der Waals surface area contributed by atoms with Crippen LogP contribution in [0.1, 0.15) is 64.3 Å². The largest absolute Gasteiger partial charge is 0.303 e. The van der Waals surface area contributed by atoms with Gasteiger partial charge < -0.3 is 4.40 Å². The molecular formula is C35H36N5+. The molecule has 3 aromatic carbocycles. The topological polar surface area (TPSA) is 47.0 Å². The van der Waals surface area contributed by atoms with E-state index in [1.54, 1.807) is 0 Å². The molecule has 5 heteroatoms. The van der Waals surface area contributed by atoms with Gasteiger partial charge in [0.2, 0.25) is 5.52 Å². The monoisotopic (exact) mass is 526 g/mol. The zero-order chi connectivity index (χ0) is 28.3. The Morgan fingerprint density at radius 3 is 2.10 bits per heavy atom. The Morgan fingerprint density at radius 2 is 1.43 bits per heavy atom. The molecule has 4 heterocycles. The van der Waals surface area contributed by atoms with Crippen LogP contribution < -0.4 is 4.57 Å². The summed E-state index contributed by atoms with van der Waals surface area (Å²) in [6, 6.07) is 18.0. The van der Waals surface area contributed by atoms with Crippen LogP contribution in [-0.2, 0) is 17.9 Å². The van der Waals surface area contributed by atoms with Crippen molar-refractivity contribution < 1.29 is 4.57 Å². The molecule has 0 unspecified atom stereocenters. The van der Waals surface area contributed by atoms with Crippen molar-refractivity contribution in [2.45, 2.75) is 66.2 Å². The highest BCUT2D eigenvalue weighted by Crippen LogP contribution is 2.41. The van der Waals surface area contributed by atoms with Gasteiger partial charge >= 0.3 is 0 Å². The molecule has 0 aliphatic rings. The van der Waals surface area contributed by atoms with Crippen molar-refractivity contribution in [3.8, 4) is 11.4 Å². The van der Waals surface area contributed by atoms with Gasteiger partial charge in [-0.3, -0.25) is 0 Å². The van der Waals surface area contributed by atoms with E-state index in [9.17, 15) is 0 Å². The Hall–Kier alpha value is -4.12. The summed E-state index contributed by atoms with van der Waals surface area (Å²) in [5, 5.41) is 6.41. The standard InChI is InChI=1S/C35H36N5/c1-19-17-21-11-10-12-26-28(21)27(20(19)2)30-29-23(15-16-39(30)9)24-18-22(13-14-25(24)40(26)29)31-36-32(34(3,4)5)38-33(37-31)35(6,7)8/h10-18H,1-9H3/q+1. The maximum Gasteiger partial charge on any atom is 0.238 e. The molecule has 200 valence electrons. The second kappa shape index (κ2) is 7.97. The molecule has 0 saturated carbocycles. The van der Waals surface area contributed by atoms with Crippen LogP contribution in [0.5, 0.6) is 0 Å². The van der Waals surface area contributed by atoms with Gasteiger partial charge in [0.1, 0.15) is 24.2 Å². The second-order valence-corrected chi connectivity index (χ2v) is 13.5. The Kier molecular flexibility index (Phi) is 4.96. The number of pyridine rings is 2. The number of aromatic nitrogens is 5. The predicted molar refractivity (Wildman–Crippen MR) is 165 cm³/mol. The van der Waals surface area contributed by atoms with Crippen LogP contribution in [0.3, 0.4) is 0 Å². The minimum Gasteiger partial charge on any atom is -0.303 e. The minimum absolute atomic E-state index is 0.180. The lowest BCUT2D eigenvalue weighted by atomic mass is 9.93. The average Bonchev–Trinajstić information content (AvgIpc) is 3.23. The fourth-order valence-electron chi connectivity index (χ4n) is 6.16. The third kappa shape index (κ3) is 3.39. The van der Waals surface area contributed by atoms with E-state index in [4.69, 9.17) is 15.0 Å². The van der Waals surface area contributed by atoms with Gasteiger partial charge in [0.25, 0.3) is 0 Å². The lowest BCUT2D eigenvalue weighted by Gasteiger charge is -2.22. The number of hydrogen-bond acceptors (Lipinski definition) is 3.